The Morgan fingerprint density at radius 2 is 2.23 bits per heavy atom. The lowest BCUT2D eigenvalue weighted by molar-refractivity contribution is 0.111. The fourth-order valence-electron chi connectivity index (χ4n) is 0.856. The molecule has 1 aromatic heterocycles. The standard InChI is InChI=1S/C8H7F2NO2/c1-13-7-3-2-5(8(9)10)11-6(7)4-12/h2-4,8H,1H3. The zero-order valence-corrected chi connectivity index (χ0v) is 6.83. The zero-order chi connectivity index (χ0) is 9.84. The van der Waals surface area contributed by atoms with Gasteiger partial charge >= 0.3 is 0 Å². The molecule has 70 valence electrons. The van der Waals surface area contributed by atoms with Crippen LogP contribution in [-0.4, -0.2) is 18.4 Å². The Morgan fingerprint density at radius 3 is 2.69 bits per heavy atom. The van der Waals surface area contributed by atoms with Crippen molar-refractivity contribution in [1.29, 1.82) is 0 Å². The van der Waals surface area contributed by atoms with Gasteiger partial charge in [-0.15, -0.1) is 0 Å². The first-order valence-electron chi connectivity index (χ1n) is 3.47. The summed E-state index contributed by atoms with van der Waals surface area (Å²) in [5, 5.41) is 0. The Kier molecular flexibility index (Phi) is 2.89. The summed E-state index contributed by atoms with van der Waals surface area (Å²) in [6, 6.07) is 2.41. The van der Waals surface area contributed by atoms with E-state index in [-0.39, 0.29) is 11.4 Å². The van der Waals surface area contributed by atoms with Crippen molar-refractivity contribution in [2.24, 2.45) is 0 Å². The molecule has 0 unspecified atom stereocenters. The number of nitrogens with zero attached hydrogens (tertiary/aromatic N) is 1. The average molecular weight is 187 g/mol. The lowest BCUT2D eigenvalue weighted by Crippen LogP contribution is -1.98. The normalized spacial score (nSPS) is 10.2. The second-order valence-corrected chi connectivity index (χ2v) is 2.24. The molecular formula is C8H7F2NO2. The second kappa shape index (κ2) is 3.93. The number of pyridine rings is 1. The van der Waals surface area contributed by atoms with E-state index in [1.165, 1.54) is 13.2 Å². The van der Waals surface area contributed by atoms with Crippen molar-refractivity contribution in [2.75, 3.05) is 7.11 Å². The number of alkyl halides is 2. The zero-order valence-electron chi connectivity index (χ0n) is 6.83. The van der Waals surface area contributed by atoms with Crippen LogP contribution in [-0.2, 0) is 0 Å². The number of methoxy groups -OCH3 is 1. The minimum Gasteiger partial charge on any atom is -0.494 e. The van der Waals surface area contributed by atoms with Crippen molar-refractivity contribution in [3.8, 4) is 5.75 Å². The van der Waals surface area contributed by atoms with Crippen molar-refractivity contribution in [3.63, 3.8) is 0 Å². The van der Waals surface area contributed by atoms with Crippen molar-refractivity contribution in [2.45, 2.75) is 6.43 Å². The molecule has 0 fully saturated rings. The van der Waals surface area contributed by atoms with Crippen LogP contribution in [0.3, 0.4) is 0 Å². The molecule has 0 atom stereocenters. The maximum absolute atomic E-state index is 12.1. The van der Waals surface area contributed by atoms with Gasteiger partial charge in [0.2, 0.25) is 0 Å². The van der Waals surface area contributed by atoms with Gasteiger partial charge in [-0.1, -0.05) is 0 Å². The summed E-state index contributed by atoms with van der Waals surface area (Å²) in [4.78, 5) is 13.8. The van der Waals surface area contributed by atoms with Crippen LogP contribution in [0.4, 0.5) is 8.78 Å². The first-order chi connectivity index (χ1) is 6.19. The molecule has 0 aliphatic carbocycles. The Morgan fingerprint density at radius 1 is 1.54 bits per heavy atom. The smallest absolute Gasteiger partial charge is 0.280 e. The van der Waals surface area contributed by atoms with E-state index < -0.39 is 12.1 Å². The molecule has 0 spiro atoms. The molecule has 13 heavy (non-hydrogen) atoms. The highest BCUT2D eigenvalue weighted by Crippen LogP contribution is 2.21. The quantitative estimate of drug-likeness (QED) is 0.677. The fourth-order valence-corrected chi connectivity index (χ4v) is 0.856. The molecule has 1 aromatic rings. The molecule has 0 saturated heterocycles. The molecule has 1 heterocycles. The van der Waals surface area contributed by atoms with Crippen molar-refractivity contribution in [1.82, 2.24) is 4.98 Å². The van der Waals surface area contributed by atoms with Gasteiger partial charge in [0, 0.05) is 0 Å². The molecule has 0 aliphatic heterocycles. The minimum atomic E-state index is -2.68. The van der Waals surface area contributed by atoms with E-state index in [2.05, 4.69) is 4.98 Å². The van der Waals surface area contributed by atoms with Gasteiger partial charge in [0.05, 0.1) is 7.11 Å². The van der Waals surface area contributed by atoms with Crippen LogP contribution in [0.25, 0.3) is 0 Å². The summed E-state index contributed by atoms with van der Waals surface area (Å²) in [6.45, 7) is 0. The van der Waals surface area contributed by atoms with Gasteiger partial charge in [0.1, 0.15) is 17.1 Å². The largest absolute Gasteiger partial charge is 0.494 e. The third kappa shape index (κ3) is 1.99. The number of aromatic nitrogens is 1. The molecule has 0 amide bonds. The number of hydrogen-bond donors (Lipinski definition) is 0. The molecule has 0 N–H and O–H groups in total. The van der Waals surface area contributed by atoms with E-state index >= 15 is 0 Å². The van der Waals surface area contributed by atoms with Crippen LogP contribution in [0.2, 0.25) is 0 Å². The number of hydrogen-bond acceptors (Lipinski definition) is 3. The van der Waals surface area contributed by atoms with Gasteiger partial charge in [-0.3, -0.25) is 4.79 Å². The monoisotopic (exact) mass is 187 g/mol. The Hall–Kier alpha value is -1.52. The predicted octanol–water partition coefficient (Wildman–Crippen LogP) is 1.84. The van der Waals surface area contributed by atoms with Gasteiger partial charge in [0.15, 0.2) is 6.29 Å². The highest BCUT2D eigenvalue weighted by atomic mass is 19.3. The lowest BCUT2D eigenvalue weighted by Gasteiger charge is -2.04. The van der Waals surface area contributed by atoms with E-state index in [1.807, 2.05) is 0 Å². The summed E-state index contributed by atoms with van der Waals surface area (Å²) in [5.74, 6) is 0.194. The van der Waals surface area contributed by atoms with Crippen LogP contribution in [0.15, 0.2) is 12.1 Å². The SMILES string of the molecule is COc1ccc(C(F)F)nc1C=O. The number of aldehydes is 1. The summed E-state index contributed by atoms with van der Waals surface area (Å²) in [6.07, 6.45) is -2.30. The second-order valence-electron chi connectivity index (χ2n) is 2.24. The Bertz CT molecular complexity index is 315. The van der Waals surface area contributed by atoms with Crippen molar-refractivity contribution in [3.05, 3.63) is 23.5 Å². The van der Waals surface area contributed by atoms with Crippen LogP contribution in [0.5, 0.6) is 5.75 Å². The molecule has 0 aromatic carbocycles. The van der Waals surface area contributed by atoms with Crippen LogP contribution >= 0.6 is 0 Å². The molecule has 0 bridgehead atoms. The molecule has 0 aliphatic rings. The van der Waals surface area contributed by atoms with E-state index in [0.29, 0.717) is 6.29 Å². The highest BCUT2D eigenvalue weighted by molar-refractivity contribution is 5.76. The lowest BCUT2D eigenvalue weighted by atomic mass is 10.3. The van der Waals surface area contributed by atoms with Crippen molar-refractivity contribution >= 4 is 6.29 Å². The average Bonchev–Trinajstić information content (AvgIpc) is 2.16. The van der Waals surface area contributed by atoms with Gasteiger partial charge in [0.25, 0.3) is 6.43 Å². The number of carbonyl (C=O) groups excluding carboxylic acids is 1. The highest BCUT2D eigenvalue weighted by Gasteiger charge is 2.12. The summed E-state index contributed by atoms with van der Waals surface area (Å²) < 4.78 is 28.9. The maximum atomic E-state index is 12.1. The number of rotatable bonds is 3. The van der Waals surface area contributed by atoms with E-state index in [4.69, 9.17) is 4.74 Å². The van der Waals surface area contributed by atoms with Crippen LogP contribution in [0, 0.1) is 0 Å². The van der Waals surface area contributed by atoms with Gasteiger partial charge < -0.3 is 4.74 Å². The first kappa shape index (κ1) is 9.57. The number of carbonyl (C=O) groups is 1. The molecular weight excluding hydrogens is 180 g/mol. The molecule has 3 nitrogen and oxygen atoms in total. The van der Waals surface area contributed by atoms with E-state index in [0.717, 1.165) is 6.07 Å². The predicted molar refractivity (Wildman–Crippen MR) is 41.1 cm³/mol. The van der Waals surface area contributed by atoms with Gasteiger partial charge in [-0.25, -0.2) is 13.8 Å². The van der Waals surface area contributed by atoms with Crippen LogP contribution < -0.4 is 4.74 Å². The summed E-state index contributed by atoms with van der Waals surface area (Å²) >= 11 is 0. The van der Waals surface area contributed by atoms with Gasteiger partial charge in [-0.2, -0.15) is 0 Å². The number of ether oxygens (including phenoxy) is 1. The van der Waals surface area contributed by atoms with E-state index in [9.17, 15) is 13.6 Å². The molecule has 0 radical (unpaired) electrons. The van der Waals surface area contributed by atoms with E-state index in [1.54, 1.807) is 0 Å². The minimum absolute atomic E-state index is 0.111. The van der Waals surface area contributed by atoms with Crippen molar-refractivity contribution < 1.29 is 18.3 Å². The Balaban J connectivity index is 3.13. The maximum Gasteiger partial charge on any atom is 0.280 e. The third-order valence-electron chi connectivity index (χ3n) is 1.46. The molecule has 1 rings (SSSR count). The molecule has 0 saturated carbocycles. The van der Waals surface area contributed by atoms with Gasteiger partial charge in [-0.05, 0) is 12.1 Å². The summed E-state index contributed by atoms with van der Waals surface area (Å²) in [5.41, 5.74) is -0.539. The third-order valence-corrected chi connectivity index (χ3v) is 1.46. The number of halogens is 2. The summed E-state index contributed by atoms with van der Waals surface area (Å²) in [7, 11) is 1.34. The Labute approximate surface area is 73.4 Å². The van der Waals surface area contributed by atoms with Crippen LogP contribution in [0.1, 0.15) is 22.6 Å². The fraction of sp³-hybridized carbons (Fsp3) is 0.250. The topological polar surface area (TPSA) is 39.2 Å². The molecule has 5 heteroatoms. The first-order valence-corrected chi connectivity index (χ1v) is 3.47.